The molecule has 18 heavy (non-hydrogen) atoms. The zero-order valence-electron chi connectivity index (χ0n) is 12.2. The Morgan fingerprint density at radius 1 is 1.39 bits per heavy atom. The van der Waals surface area contributed by atoms with E-state index in [9.17, 15) is 0 Å². The third kappa shape index (κ3) is 4.93. The van der Waals surface area contributed by atoms with Gasteiger partial charge in [-0.25, -0.2) is 0 Å². The summed E-state index contributed by atoms with van der Waals surface area (Å²) in [6.45, 7) is 8.75. The first-order valence-electron chi connectivity index (χ1n) is 7.11. The third-order valence-corrected chi connectivity index (χ3v) is 4.01. The molecule has 0 spiro atoms. The Hall–Kier alpha value is -0.630. The molecule has 0 radical (unpaired) electrons. The molecule has 2 unspecified atom stereocenters. The third-order valence-electron chi connectivity index (χ3n) is 4.01. The van der Waals surface area contributed by atoms with Crippen LogP contribution >= 0.6 is 0 Å². The molecular formula is C14H28N4. The molecule has 104 valence electrons. The molecule has 1 aliphatic heterocycles. The van der Waals surface area contributed by atoms with Crippen molar-refractivity contribution in [1.29, 1.82) is 5.26 Å². The first-order chi connectivity index (χ1) is 8.48. The van der Waals surface area contributed by atoms with Crippen molar-refractivity contribution < 1.29 is 0 Å². The molecule has 1 fully saturated rings. The first kappa shape index (κ1) is 15.4. The Balaban J connectivity index is 2.19. The van der Waals surface area contributed by atoms with Gasteiger partial charge in [0.15, 0.2) is 0 Å². The number of hydrogen-bond donors (Lipinski definition) is 1. The van der Waals surface area contributed by atoms with E-state index >= 15 is 0 Å². The monoisotopic (exact) mass is 252 g/mol. The maximum atomic E-state index is 8.85. The molecule has 0 aliphatic carbocycles. The van der Waals surface area contributed by atoms with Crippen molar-refractivity contribution in [2.24, 2.45) is 5.73 Å². The summed E-state index contributed by atoms with van der Waals surface area (Å²) in [6.07, 6.45) is 4.22. The molecule has 0 amide bonds. The lowest BCUT2D eigenvalue weighted by molar-refractivity contribution is 0.0918. The number of piperazine rings is 1. The van der Waals surface area contributed by atoms with Crippen molar-refractivity contribution in [2.45, 2.75) is 51.1 Å². The van der Waals surface area contributed by atoms with E-state index in [4.69, 9.17) is 11.0 Å². The van der Waals surface area contributed by atoms with Gasteiger partial charge in [0.2, 0.25) is 0 Å². The fourth-order valence-corrected chi connectivity index (χ4v) is 2.54. The number of unbranched alkanes of at least 4 members (excludes halogenated alkanes) is 1. The summed E-state index contributed by atoms with van der Waals surface area (Å²) in [6, 6.07) is 2.87. The molecule has 0 aromatic rings. The van der Waals surface area contributed by atoms with Crippen LogP contribution in [-0.2, 0) is 0 Å². The van der Waals surface area contributed by atoms with Crippen LogP contribution in [0.1, 0.15) is 39.5 Å². The van der Waals surface area contributed by atoms with Crippen LogP contribution in [0, 0.1) is 11.3 Å². The summed E-state index contributed by atoms with van der Waals surface area (Å²) in [4.78, 5) is 5.01. The van der Waals surface area contributed by atoms with Crippen molar-refractivity contribution in [3.63, 3.8) is 0 Å². The van der Waals surface area contributed by atoms with Crippen LogP contribution in [-0.4, -0.2) is 54.6 Å². The van der Waals surface area contributed by atoms with E-state index in [1.165, 1.54) is 26.1 Å². The lowest BCUT2D eigenvalue weighted by atomic mass is 9.98. The van der Waals surface area contributed by atoms with Gasteiger partial charge in [0, 0.05) is 25.7 Å². The molecule has 1 saturated heterocycles. The van der Waals surface area contributed by atoms with Crippen molar-refractivity contribution in [2.75, 3.05) is 33.2 Å². The molecule has 2 atom stereocenters. The summed E-state index contributed by atoms with van der Waals surface area (Å²) in [5.74, 6) is 0. The maximum Gasteiger partial charge on any atom is 0.101 e. The highest BCUT2D eigenvalue weighted by Gasteiger charge is 2.22. The molecule has 1 rings (SSSR count). The predicted molar refractivity (Wildman–Crippen MR) is 75.2 cm³/mol. The highest BCUT2D eigenvalue weighted by atomic mass is 15.3. The Morgan fingerprint density at radius 2 is 2.11 bits per heavy atom. The van der Waals surface area contributed by atoms with Crippen LogP contribution in [0.4, 0.5) is 0 Å². The Kier molecular flexibility index (Phi) is 6.07. The molecular weight excluding hydrogens is 224 g/mol. The summed E-state index contributed by atoms with van der Waals surface area (Å²) in [5.41, 5.74) is 5.17. The van der Waals surface area contributed by atoms with Crippen molar-refractivity contribution in [1.82, 2.24) is 9.80 Å². The van der Waals surface area contributed by atoms with E-state index in [2.05, 4.69) is 29.8 Å². The van der Waals surface area contributed by atoms with Gasteiger partial charge in [-0.2, -0.15) is 5.26 Å². The van der Waals surface area contributed by atoms with E-state index < -0.39 is 5.54 Å². The zero-order valence-corrected chi connectivity index (χ0v) is 12.2. The molecule has 2 N–H and O–H groups in total. The summed E-state index contributed by atoms with van der Waals surface area (Å²) >= 11 is 0. The second-order valence-corrected chi connectivity index (χ2v) is 5.83. The van der Waals surface area contributed by atoms with Gasteiger partial charge in [-0.05, 0) is 46.2 Å². The summed E-state index contributed by atoms with van der Waals surface area (Å²) in [5, 5.41) is 8.85. The number of likely N-dealkylation sites (N-methyl/N-ethyl adjacent to an activating group) is 1. The molecule has 4 heteroatoms. The van der Waals surface area contributed by atoms with E-state index in [1.807, 2.05) is 6.92 Å². The van der Waals surface area contributed by atoms with E-state index in [0.29, 0.717) is 6.04 Å². The van der Waals surface area contributed by atoms with Crippen LogP contribution in [0.5, 0.6) is 0 Å². The molecule has 0 saturated carbocycles. The summed E-state index contributed by atoms with van der Waals surface area (Å²) < 4.78 is 0. The molecule has 0 aromatic carbocycles. The van der Waals surface area contributed by atoms with E-state index in [-0.39, 0.29) is 0 Å². The van der Waals surface area contributed by atoms with E-state index in [1.54, 1.807) is 0 Å². The number of nitriles is 1. The number of nitrogens with two attached hydrogens (primary N) is 1. The highest BCUT2D eigenvalue weighted by Crippen LogP contribution is 2.13. The van der Waals surface area contributed by atoms with Crippen molar-refractivity contribution >= 4 is 0 Å². The average Bonchev–Trinajstić information content (AvgIpc) is 2.36. The fraction of sp³-hybridized carbons (Fsp3) is 0.929. The second-order valence-electron chi connectivity index (χ2n) is 5.83. The molecule has 4 nitrogen and oxygen atoms in total. The SMILES string of the molecule is CCC1CN(CCCCC(C)(N)C#N)CCN1C. The van der Waals surface area contributed by atoms with Gasteiger partial charge in [-0.3, -0.25) is 0 Å². The van der Waals surface area contributed by atoms with Crippen LogP contribution in [0.25, 0.3) is 0 Å². The first-order valence-corrected chi connectivity index (χ1v) is 7.11. The Morgan fingerprint density at radius 3 is 2.72 bits per heavy atom. The standard InChI is InChI=1S/C14H28N4/c1-4-13-11-18(10-9-17(13)3)8-6-5-7-14(2,16)12-15/h13H,4-11,16H2,1-3H3. The average molecular weight is 252 g/mol. The number of nitrogens with zero attached hydrogens (tertiary/aromatic N) is 3. The minimum atomic E-state index is -0.645. The van der Waals surface area contributed by atoms with Gasteiger partial charge < -0.3 is 15.5 Å². The topological polar surface area (TPSA) is 56.3 Å². The largest absolute Gasteiger partial charge is 0.314 e. The molecule has 1 heterocycles. The minimum Gasteiger partial charge on any atom is -0.314 e. The van der Waals surface area contributed by atoms with Crippen LogP contribution in [0.15, 0.2) is 0 Å². The molecule has 1 aliphatic rings. The van der Waals surface area contributed by atoms with Gasteiger partial charge >= 0.3 is 0 Å². The highest BCUT2D eigenvalue weighted by molar-refractivity contribution is 5.00. The maximum absolute atomic E-state index is 8.85. The normalized spacial score (nSPS) is 25.6. The lowest BCUT2D eigenvalue weighted by Crippen LogP contribution is -2.51. The van der Waals surface area contributed by atoms with Crippen molar-refractivity contribution in [3.8, 4) is 6.07 Å². The van der Waals surface area contributed by atoms with Gasteiger partial charge in [-0.1, -0.05) is 6.92 Å². The van der Waals surface area contributed by atoms with Gasteiger partial charge in [0.1, 0.15) is 5.54 Å². The predicted octanol–water partition coefficient (Wildman–Crippen LogP) is 1.42. The minimum absolute atomic E-state index is 0.645. The number of hydrogen-bond acceptors (Lipinski definition) is 4. The molecule has 0 aromatic heterocycles. The Labute approximate surface area is 112 Å². The fourth-order valence-electron chi connectivity index (χ4n) is 2.54. The van der Waals surface area contributed by atoms with Gasteiger partial charge in [0.25, 0.3) is 0 Å². The number of rotatable bonds is 6. The summed E-state index contributed by atoms with van der Waals surface area (Å²) in [7, 11) is 2.22. The lowest BCUT2D eigenvalue weighted by Gasteiger charge is -2.39. The quantitative estimate of drug-likeness (QED) is 0.727. The zero-order chi connectivity index (χ0) is 13.6. The van der Waals surface area contributed by atoms with Crippen LogP contribution in [0.2, 0.25) is 0 Å². The van der Waals surface area contributed by atoms with Gasteiger partial charge in [-0.15, -0.1) is 0 Å². The van der Waals surface area contributed by atoms with Gasteiger partial charge in [0.05, 0.1) is 6.07 Å². The second kappa shape index (κ2) is 7.08. The smallest absolute Gasteiger partial charge is 0.101 e. The van der Waals surface area contributed by atoms with Crippen molar-refractivity contribution in [3.05, 3.63) is 0 Å². The van der Waals surface area contributed by atoms with E-state index in [0.717, 1.165) is 25.8 Å². The van der Waals surface area contributed by atoms with Crippen LogP contribution in [0.3, 0.4) is 0 Å². The van der Waals surface area contributed by atoms with Crippen LogP contribution < -0.4 is 5.73 Å². The molecule has 0 bridgehead atoms. The Bertz CT molecular complexity index is 282.